The van der Waals surface area contributed by atoms with Crippen molar-refractivity contribution < 1.29 is 14.0 Å². The predicted molar refractivity (Wildman–Crippen MR) is 136 cm³/mol. The van der Waals surface area contributed by atoms with Crippen LogP contribution >= 0.6 is 0 Å². The number of hydrogen-bond acceptors (Lipinski definition) is 3. The Morgan fingerprint density at radius 1 is 0.839 bits per heavy atom. The van der Waals surface area contributed by atoms with Crippen molar-refractivity contribution in [1.29, 1.82) is 0 Å². The molecule has 0 aliphatic carbocycles. The quantitative estimate of drug-likeness (QED) is 0.225. The first-order valence-corrected chi connectivity index (χ1v) is 17.9. The summed E-state index contributed by atoms with van der Waals surface area (Å²) in [7, 11) is -3.39. The predicted octanol–water partition coefficient (Wildman–Crippen LogP) is 6.75. The fraction of sp³-hybridized carbons (Fsp3) is 0.500. The molecular formula is C26H40O3Si2. The Kier molecular flexibility index (Phi) is 8.48. The number of aryl methyl sites for hydroxylation is 1. The minimum Gasteiger partial charge on any atom is -0.427 e. The van der Waals surface area contributed by atoms with Gasteiger partial charge in [0.2, 0.25) is 0 Å². The summed E-state index contributed by atoms with van der Waals surface area (Å²) in [6, 6.07) is 20.2. The molecule has 170 valence electrons. The summed E-state index contributed by atoms with van der Waals surface area (Å²) < 4.78 is 12.0. The van der Waals surface area contributed by atoms with Crippen LogP contribution in [0, 0.1) is 0 Å². The Morgan fingerprint density at radius 3 is 1.84 bits per heavy atom. The fourth-order valence-electron chi connectivity index (χ4n) is 4.81. The summed E-state index contributed by atoms with van der Waals surface area (Å²) in [5, 5.41) is 0. The highest BCUT2D eigenvalue weighted by Crippen LogP contribution is 2.31. The van der Waals surface area contributed by atoms with E-state index in [9.17, 15) is 4.79 Å². The van der Waals surface area contributed by atoms with Crippen LogP contribution in [0.25, 0.3) is 0 Å². The van der Waals surface area contributed by atoms with Crippen molar-refractivity contribution in [2.75, 3.05) is 0 Å². The van der Waals surface area contributed by atoms with E-state index in [1.807, 2.05) is 12.1 Å². The molecule has 0 aromatic heterocycles. The Labute approximate surface area is 191 Å². The number of benzene rings is 2. The number of rotatable bonds is 10. The molecule has 0 atom stereocenters. The van der Waals surface area contributed by atoms with Crippen LogP contribution in [0.1, 0.15) is 44.4 Å². The SMILES string of the molecule is CCc1ccc(C[Si](C)(C)OC(C)(C)C[Si](C)(C)Cc2ccc(OC(C)=O)cc2)cc1. The van der Waals surface area contributed by atoms with Crippen LogP contribution in [0.3, 0.4) is 0 Å². The third-order valence-corrected chi connectivity index (χ3v) is 10.9. The Morgan fingerprint density at radius 2 is 1.32 bits per heavy atom. The second kappa shape index (κ2) is 10.3. The summed E-state index contributed by atoms with van der Waals surface area (Å²) >= 11 is 0. The summed E-state index contributed by atoms with van der Waals surface area (Å²) in [6.45, 7) is 17.7. The van der Waals surface area contributed by atoms with Gasteiger partial charge in [-0.15, -0.1) is 0 Å². The van der Waals surface area contributed by atoms with E-state index in [-0.39, 0.29) is 11.6 Å². The van der Waals surface area contributed by atoms with E-state index >= 15 is 0 Å². The molecular weight excluding hydrogens is 416 g/mol. The largest absolute Gasteiger partial charge is 0.427 e. The molecule has 5 heteroatoms. The van der Waals surface area contributed by atoms with Gasteiger partial charge in [-0.1, -0.05) is 62.0 Å². The lowest BCUT2D eigenvalue weighted by Gasteiger charge is -2.40. The zero-order chi connectivity index (χ0) is 23.3. The number of hydrogen-bond donors (Lipinski definition) is 0. The molecule has 0 radical (unpaired) electrons. The molecule has 0 amide bonds. The lowest BCUT2D eigenvalue weighted by atomic mass is 10.1. The molecule has 0 N–H and O–H groups in total. The van der Waals surface area contributed by atoms with Crippen molar-refractivity contribution in [2.24, 2.45) is 0 Å². The normalized spacial score (nSPS) is 12.6. The highest BCUT2D eigenvalue weighted by molar-refractivity contribution is 6.77. The zero-order valence-electron chi connectivity index (χ0n) is 20.7. The maximum Gasteiger partial charge on any atom is 0.308 e. The molecule has 0 aliphatic heterocycles. The van der Waals surface area contributed by atoms with E-state index in [2.05, 4.69) is 83.4 Å². The van der Waals surface area contributed by atoms with Gasteiger partial charge in [0.25, 0.3) is 0 Å². The summed E-state index contributed by atoms with van der Waals surface area (Å²) in [5.74, 6) is 0.327. The summed E-state index contributed by atoms with van der Waals surface area (Å²) in [6.07, 6.45) is 1.08. The highest BCUT2D eigenvalue weighted by atomic mass is 28.4. The third-order valence-electron chi connectivity index (χ3n) is 5.39. The van der Waals surface area contributed by atoms with Crippen LogP contribution in [0.2, 0.25) is 32.2 Å². The molecule has 0 bridgehead atoms. The van der Waals surface area contributed by atoms with Crippen molar-refractivity contribution in [1.82, 2.24) is 0 Å². The first-order chi connectivity index (χ1) is 14.3. The molecule has 0 unspecified atom stereocenters. The van der Waals surface area contributed by atoms with Crippen LogP contribution in [-0.4, -0.2) is 28.0 Å². The standard InChI is InChI=1S/C26H40O3Si2/c1-9-22-10-12-24(13-11-22)19-31(7,8)29-26(3,4)20-30(5,6)18-23-14-16-25(17-15-23)28-21(2)27/h10-17H,9,18-20H2,1-8H3. The Balaban J connectivity index is 1.98. The number of carbonyl (C=O) groups is 1. The molecule has 0 saturated heterocycles. The number of esters is 1. The monoisotopic (exact) mass is 456 g/mol. The maximum absolute atomic E-state index is 11.1. The number of ether oxygens (including phenoxy) is 1. The van der Waals surface area contributed by atoms with Gasteiger partial charge >= 0.3 is 5.97 Å². The average molecular weight is 457 g/mol. The lowest BCUT2D eigenvalue weighted by molar-refractivity contribution is -0.131. The van der Waals surface area contributed by atoms with Crippen molar-refractivity contribution in [3.8, 4) is 5.75 Å². The smallest absolute Gasteiger partial charge is 0.308 e. The van der Waals surface area contributed by atoms with Gasteiger partial charge in [0.1, 0.15) is 5.75 Å². The maximum atomic E-state index is 11.1. The van der Waals surface area contributed by atoms with E-state index in [4.69, 9.17) is 9.16 Å². The van der Waals surface area contributed by atoms with E-state index < -0.39 is 16.4 Å². The second-order valence-corrected chi connectivity index (χ2v) is 19.8. The molecule has 3 nitrogen and oxygen atoms in total. The highest BCUT2D eigenvalue weighted by Gasteiger charge is 2.36. The Bertz CT molecular complexity index is 853. The van der Waals surface area contributed by atoms with Crippen LogP contribution in [0.15, 0.2) is 48.5 Å². The first kappa shape index (κ1) is 25.6. The molecule has 0 fully saturated rings. The van der Waals surface area contributed by atoms with E-state index in [1.165, 1.54) is 23.6 Å². The van der Waals surface area contributed by atoms with Gasteiger partial charge in [-0.3, -0.25) is 4.79 Å². The van der Waals surface area contributed by atoms with Crippen LogP contribution in [0.4, 0.5) is 0 Å². The van der Waals surface area contributed by atoms with Crippen LogP contribution < -0.4 is 4.74 Å². The topological polar surface area (TPSA) is 35.5 Å². The van der Waals surface area contributed by atoms with Crippen molar-refractivity contribution in [2.45, 2.75) is 84.0 Å². The van der Waals surface area contributed by atoms with E-state index in [0.717, 1.165) is 24.6 Å². The average Bonchev–Trinajstić information content (AvgIpc) is 2.61. The van der Waals surface area contributed by atoms with Gasteiger partial charge < -0.3 is 9.16 Å². The molecule has 2 aromatic rings. The first-order valence-electron chi connectivity index (χ1n) is 11.3. The van der Waals surface area contributed by atoms with Crippen LogP contribution in [-0.2, 0) is 27.7 Å². The van der Waals surface area contributed by atoms with Crippen LogP contribution in [0.5, 0.6) is 5.75 Å². The molecule has 2 aromatic carbocycles. The molecule has 31 heavy (non-hydrogen) atoms. The van der Waals surface area contributed by atoms with Gasteiger partial charge in [-0.2, -0.15) is 0 Å². The molecule has 0 aliphatic rings. The van der Waals surface area contributed by atoms with Gasteiger partial charge in [0.05, 0.1) is 8.07 Å². The van der Waals surface area contributed by atoms with Gasteiger partial charge in [-0.05, 0) is 74.8 Å². The zero-order valence-corrected chi connectivity index (χ0v) is 22.7. The van der Waals surface area contributed by atoms with Crippen molar-refractivity contribution in [3.05, 3.63) is 65.2 Å². The van der Waals surface area contributed by atoms with E-state index in [1.54, 1.807) is 0 Å². The lowest BCUT2D eigenvalue weighted by Crippen LogP contribution is -2.47. The molecule has 0 heterocycles. The third kappa shape index (κ3) is 9.13. The fourth-order valence-corrected chi connectivity index (χ4v) is 11.7. The van der Waals surface area contributed by atoms with Crippen molar-refractivity contribution >= 4 is 22.4 Å². The molecule has 0 spiro atoms. The number of carbonyl (C=O) groups excluding carboxylic acids is 1. The van der Waals surface area contributed by atoms with E-state index in [0.29, 0.717) is 5.75 Å². The molecule has 0 saturated carbocycles. The van der Waals surface area contributed by atoms with Gasteiger partial charge in [0, 0.05) is 12.5 Å². The minimum absolute atomic E-state index is 0.132. The minimum atomic E-state index is -1.85. The van der Waals surface area contributed by atoms with Gasteiger partial charge in [0.15, 0.2) is 8.32 Å². The van der Waals surface area contributed by atoms with Gasteiger partial charge in [-0.25, -0.2) is 0 Å². The Hall–Kier alpha value is -1.70. The second-order valence-electron chi connectivity index (χ2n) is 10.7. The summed E-state index contributed by atoms with van der Waals surface area (Å²) in [5.41, 5.74) is 3.94. The molecule has 2 rings (SSSR count). The summed E-state index contributed by atoms with van der Waals surface area (Å²) in [4.78, 5) is 11.1. The van der Waals surface area contributed by atoms with Crippen molar-refractivity contribution in [3.63, 3.8) is 0 Å².